The standard InChI is InChI=1S/C22H38F3N3O3S/c1-32(29,30)26-14-20-19-13-18(31-17-5-3-2-4-6-17)11-12-21(19)28(27-20)16-9-7-15(8-10-16)22(23,24)25/h15-21,26-27H,2-14H2,1H3. The van der Waals surface area contributed by atoms with Crippen LogP contribution in [-0.4, -0.2) is 62.7 Å². The Balaban J connectivity index is 1.40. The molecule has 186 valence electrons. The van der Waals surface area contributed by atoms with Crippen molar-refractivity contribution < 1.29 is 26.3 Å². The molecule has 0 bridgehead atoms. The number of nitrogens with one attached hydrogen (secondary N) is 2. The van der Waals surface area contributed by atoms with E-state index in [1.165, 1.54) is 19.3 Å². The molecule has 0 spiro atoms. The summed E-state index contributed by atoms with van der Waals surface area (Å²) in [5.41, 5.74) is 3.52. The van der Waals surface area contributed by atoms with E-state index in [1.54, 1.807) is 0 Å². The van der Waals surface area contributed by atoms with E-state index in [0.29, 0.717) is 25.5 Å². The molecule has 4 fully saturated rings. The third kappa shape index (κ3) is 6.17. The topological polar surface area (TPSA) is 70.7 Å². The smallest absolute Gasteiger partial charge is 0.375 e. The molecular weight excluding hydrogens is 443 g/mol. The fourth-order valence-electron chi connectivity index (χ4n) is 6.40. The van der Waals surface area contributed by atoms with Gasteiger partial charge in [0.25, 0.3) is 0 Å². The highest BCUT2D eigenvalue weighted by Crippen LogP contribution is 2.43. The van der Waals surface area contributed by atoms with Gasteiger partial charge in [-0.05, 0) is 63.7 Å². The van der Waals surface area contributed by atoms with E-state index in [0.717, 1.165) is 38.4 Å². The Hall–Kier alpha value is -0.420. The highest BCUT2D eigenvalue weighted by molar-refractivity contribution is 7.88. The number of fused-ring (bicyclic) bond motifs is 1. The van der Waals surface area contributed by atoms with Gasteiger partial charge in [0.1, 0.15) is 0 Å². The van der Waals surface area contributed by atoms with Crippen molar-refractivity contribution in [3.8, 4) is 0 Å². The number of hydrogen-bond donors (Lipinski definition) is 2. The van der Waals surface area contributed by atoms with E-state index in [1.807, 2.05) is 0 Å². The number of sulfonamides is 1. The summed E-state index contributed by atoms with van der Waals surface area (Å²) >= 11 is 0. The Bertz CT molecular complexity index is 722. The van der Waals surface area contributed by atoms with Crippen LogP contribution in [0.4, 0.5) is 13.2 Å². The lowest BCUT2D eigenvalue weighted by molar-refractivity contribution is -0.185. The van der Waals surface area contributed by atoms with Crippen LogP contribution in [-0.2, 0) is 14.8 Å². The Morgan fingerprint density at radius 2 is 1.66 bits per heavy atom. The Morgan fingerprint density at radius 1 is 0.969 bits per heavy atom. The largest absolute Gasteiger partial charge is 0.391 e. The molecule has 0 aromatic rings. The average Bonchev–Trinajstić information content (AvgIpc) is 3.10. The maximum absolute atomic E-state index is 13.1. The second kappa shape index (κ2) is 10.1. The van der Waals surface area contributed by atoms with Gasteiger partial charge in [0.05, 0.1) is 24.4 Å². The molecule has 1 heterocycles. The van der Waals surface area contributed by atoms with Crippen LogP contribution in [0.3, 0.4) is 0 Å². The zero-order valence-electron chi connectivity index (χ0n) is 18.9. The van der Waals surface area contributed by atoms with Crippen LogP contribution in [0.25, 0.3) is 0 Å². The van der Waals surface area contributed by atoms with Crippen molar-refractivity contribution in [2.45, 2.75) is 114 Å². The van der Waals surface area contributed by atoms with Gasteiger partial charge in [-0.2, -0.15) is 13.2 Å². The third-order valence-electron chi connectivity index (χ3n) is 8.06. The van der Waals surface area contributed by atoms with Crippen molar-refractivity contribution in [3.05, 3.63) is 0 Å². The lowest BCUT2D eigenvalue weighted by Crippen LogP contribution is -2.50. The van der Waals surface area contributed by atoms with Crippen LogP contribution in [0.1, 0.15) is 77.0 Å². The zero-order chi connectivity index (χ0) is 22.9. The fourth-order valence-corrected chi connectivity index (χ4v) is 6.88. The number of rotatable bonds is 6. The van der Waals surface area contributed by atoms with Gasteiger partial charge >= 0.3 is 6.18 Å². The van der Waals surface area contributed by atoms with Crippen LogP contribution in [0.5, 0.6) is 0 Å². The minimum Gasteiger partial charge on any atom is -0.375 e. The van der Waals surface area contributed by atoms with Gasteiger partial charge in [0, 0.05) is 24.7 Å². The number of halogens is 3. The molecule has 0 aromatic heterocycles. The van der Waals surface area contributed by atoms with E-state index >= 15 is 0 Å². The molecule has 3 saturated carbocycles. The molecule has 0 amide bonds. The minimum atomic E-state index is -4.11. The Morgan fingerprint density at radius 3 is 2.28 bits per heavy atom. The Kier molecular flexibility index (Phi) is 7.76. The van der Waals surface area contributed by atoms with Crippen molar-refractivity contribution in [1.82, 2.24) is 15.2 Å². The summed E-state index contributed by atoms with van der Waals surface area (Å²) in [4.78, 5) is 0. The Labute approximate surface area is 190 Å². The summed E-state index contributed by atoms with van der Waals surface area (Å²) in [6.07, 6.45) is 7.69. The van der Waals surface area contributed by atoms with Gasteiger partial charge in [-0.1, -0.05) is 19.3 Å². The molecule has 0 radical (unpaired) electrons. The van der Waals surface area contributed by atoms with Crippen LogP contribution in [0.2, 0.25) is 0 Å². The predicted octanol–water partition coefficient (Wildman–Crippen LogP) is 3.73. The number of hydrogen-bond acceptors (Lipinski definition) is 5. The number of nitrogens with zero attached hydrogens (tertiary/aromatic N) is 1. The van der Waals surface area contributed by atoms with Crippen LogP contribution in [0.15, 0.2) is 0 Å². The molecule has 4 aliphatic rings. The first kappa shape index (κ1) is 24.7. The first-order valence-corrected chi connectivity index (χ1v) is 14.2. The summed E-state index contributed by atoms with van der Waals surface area (Å²) in [6.45, 7) is 0.296. The molecule has 3 aliphatic carbocycles. The summed E-state index contributed by atoms with van der Waals surface area (Å²) in [5, 5.41) is 2.20. The molecule has 1 aliphatic heterocycles. The van der Waals surface area contributed by atoms with Gasteiger partial charge in [-0.25, -0.2) is 23.6 Å². The molecule has 2 N–H and O–H groups in total. The van der Waals surface area contributed by atoms with Crippen LogP contribution >= 0.6 is 0 Å². The van der Waals surface area contributed by atoms with Crippen LogP contribution < -0.4 is 10.1 Å². The first-order valence-electron chi connectivity index (χ1n) is 12.3. The zero-order valence-corrected chi connectivity index (χ0v) is 19.8. The molecule has 4 atom stereocenters. The van der Waals surface area contributed by atoms with E-state index in [4.69, 9.17) is 4.74 Å². The van der Waals surface area contributed by atoms with Gasteiger partial charge in [-0.3, -0.25) is 0 Å². The third-order valence-corrected chi connectivity index (χ3v) is 8.75. The van der Waals surface area contributed by atoms with Gasteiger partial charge in [0.15, 0.2) is 0 Å². The normalized spacial score (nSPS) is 38.0. The monoisotopic (exact) mass is 481 g/mol. The van der Waals surface area contributed by atoms with E-state index < -0.39 is 22.1 Å². The molecule has 10 heteroatoms. The molecule has 4 unspecified atom stereocenters. The maximum Gasteiger partial charge on any atom is 0.391 e. The van der Waals surface area contributed by atoms with Crippen molar-refractivity contribution >= 4 is 10.0 Å². The summed E-state index contributed by atoms with van der Waals surface area (Å²) < 4.78 is 71.8. The van der Waals surface area contributed by atoms with Crippen molar-refractivity contribution in [1.29, 1.82) is 0 Å². The van der Waals surface area contributed by atoms with E-state index in [2.05, 4.69) is 15.2 Å². The van der Waals surface area contributed by atoms with Crippen molar-refractivity contribution in [2.75, 3.05) is 12.8 Å². The van der Waals surface area contributed by atoms with Crippen molar-refractivity contribution in [3.63, 3.8) is 0 Å². The molecule has 1 saturated heterocycles. The summed E-state index contributed by atoms with van der Waals surface area (Å²) in [5.74, 6) is -0.966. The number of hydrazine groups is 1. The van der Waals surface area contributed by atoms with E-state index in [9.17, 15) is 21.6 Å². The molecule has 32 heavy (non-hydrogen) atoms. The summed E-state index contributed by atoms with van der Waals surface area (Å²) in [7, 11) is -3.32. The first-order chi connectivity index (χ1) is 15.1. The van der Waals surface area contributed by atoms with Crippen molar-refractivity contribution in [2.24, 2.45) is 11.8 Å². The lowest BCUT2D eigenvalue weighted by Gasteiger charge is -2.41. The van der Waals surface area contributed by atoms with E-state index in [-0.39, 0.29) is 43.0 Å². The highest BCUT2D eigenvalue weighted by atomic mass is 32.2. The molecular formula is C22H38F3N3O3S. The summed E-state index contributed by atoms with van der Waals surface area (Å²) in [6, 6.07) is 0.230. The number of alkyl halides is 3. The molecule has 4 rings (SSSR count). The predicted molar refractivity (Wildman–Crippen MR) is 116 cm³/mol. The lowest BCUT2D eigenvalue weighted by atomic mass is 9.78. The van der Waals surface area contributed by atoms with Crippen LogP contribution in [0, 0.1) is 11.8 Å². The average molecular weight is 482 g/mol. The SMILES string of the molecule is CS(=O)(=O)NCC1NN(C2CCC(C(F)(F)F)CC2)C2CCC(OC3CCCCC3)CC12. The highest BCUT2D eigenvalue weighted by Gasteiger charge is 2.49. The maximum atomic E-state index is 13.1. The number of ether oxygens (including phenoxy) is 1. The molecule has 6 nitrogen and oxygen atoms in total. The van der Waals surface area contributed by atoms with Gasteiger partial charge in [0.2, 0.25) is 10.0 Å². The molecule has 0 aromatic carbocycles. The van der Waals surface area contributed by atoms with Gasteiger partial charge < -0.3 is 4.74 Å². The minimum absolute atomic E-state index is 0.0622. The second-order valence-corrected chi connectivity index (χ2v) is 12.2. The quantitative estimate of drug-likeness (QED) is 0.605. The van der Waals surface area contributed by atoms with Gasteiger partial charge in [-0.15, -0.1) is 0 Å². The second-order valence-electron chi connectivity index (χ2n) is 10.4. The fraction of sp³-hybridized carbons (Fsp3) is 1.00.